The summed E-state index contributed by atoms with van der Waals surface area (Å²) < 4.78 is 48.2. The normalized spacial score (nSPS) is 36.8. The molecule has 0 spiro atoms. The van der Waals surface area contributed by atoms with E-state index in [4.69, 9.17) is 37.7 Å². The number of esters is 2. The van der Waals surface area contributed by atoms with Crippen LogP contribution in [0.5, 0.6) is 0 Å². The fourth-order valence-corrected chi connectivity index (χ4v) is 12.0. The second kappa shape index (κ2) is 29.5. The van der Waals surface area contributed by atoms with Gasteiger partial charge in [0.25, 0.3) is 11.7 Å². The first-order valence-electron chi connectivity index (χ1n) is 29.0. The summed E-state index contributed by atoms with van der Waals surface area (Å²) >= 11 is 0. The van der Waals surface area contributed by atoms with Crippen LogP contribution < -0.4 is 5.46 Å². The monoisotopic (exact) mass is 1120 g/mol. The first-order valence-corrected chi connectivity index (χ1v) is 29.0. The van der Waals surface area contributed by atoms with Gasteiger partial charge in [0, 0.05) is 71.7 Å². The molecule has 17 nitrogen and oxygen atoms in total. The zero-order chi connectivity index (χ0) is 58.5. The van der Waals surface area contributed by atoms with Crippen LogP contribution in [0.4, 0.5) is 0 Å². The average molecular weight is 1120 g/mol. The Bertz CT molecular complexity index is 2400. The summed E-state index contributed by atoms with van der Waals surface area (Å²) in [4.78, 5) is 86.7. The smallest absolute Gasteiger partial charge is 0.460 e. The van der Waals surface area contributed by atoms with Gasteiger partial charge in [-0.1, -0.05) is 101 Å². The molecule has 18 heteroatoms. The Morgan fingerprint density at radius 3 is 2.23 bits per heavy atom. The molecule has 0 radical (unpaired) electrons. The van der Waals surface area contributed by atoms with Crippen LogP contribution in [0, 0.1) is 40.9 Å². The molecule has 15 atom stereocenters. The zero-order valence-corrected chi connectivity index (χ0v) is 49.2. The molecule has 80 heavy (non-hydrogen) atoms. The largest absolute Gasteiger partial charge is 0.493 e. The van der Waals surface area contributed by atoms with Crippen molar-refractivity contribution >= 4 is 47.8 Å². The molecule has 6 rings (SSSR count). The molecule has 5 aliphatic rings. The van der Waals surface area contributed by atoms with E-state index in [-0.39, 0.29) is 56.0 Å². The second-order valence-electron chi connectivity index (χ2n) is 23.9. The maximum absolute atomic E-state index is 14.7. The average Bonchev–Trinajstić information content (AvgIpc) is 3.57. The number of rotatable bonds is 9. The predicted molar refractivity (Wildman–Crippen MR) is 301 cm³/mol. The molecule has 0 unspecified atom stereocenters. The van der Waals surface area contributed by atoms with Gasteiger partial charge in [-0.2, -0.15) is 0 Å². The third kappa shape index (κ3) is 16.3. The first-order chi connectivity index (χ1) is 38.0. The van der Waals surface area contributed by atoms with Crippen molar-refractivity contribution < 1.29 is 76.7 Å². The van der Waals surface area contributed by atoms with E-state index < -0.39 is 114 Å². The summed E-state index contributed by atoms with van der Waals surface area (Å²) in [6.45, 7) is 14.7. The molecule has 4 fully saturated rings. The van der Waals surface area contributed by atoms with E-state index >= 15 is 0 Å². The van der Waals surface area contributed by atoms with Crippen molar-refractivity contribution in [3.05, 3.63) is 77.9 Å². The molecular weight excluding hydrogens is 1030 g/mol. The van der Waals surface area contributed by atoms with Gasteiger partial charge in [-0.05, 0) is 119 Å². The van der Waals surface area contributed by atoms with Crippen molar-refractivity contribution in [2.75, 3.05) is 41.1 Å². The number of aliphatic hydroxyl groups excluding tert-OH is 1. The summed E-state index contributed by atoms with van der Waals surface area (Å²) in [6, 6.07) is 8.32. The number of amides is 1. The van der Waals surface area contributed by atoms with Crippen LogP contribution in [0.3, 0.4) is 0 Å². The van der Waals surface area contributed by atoms with Crippen molar-refractivity contribution in [2.45, 2.75) is 187 Å². The number of hydrogen-bond acceptors (Lipinski definition) is 16. The van der Waals surface area contributed by atoms with Crippen LogP contribution in [0.15, 0.2) is 77.9 Å². The number of Topliss-reactive ketones (excluding diaryl/α,β-unsaturated/α-hetero) is 3. The van der Waals surface area contributed by atoms with Crippen LogP contribution in [-0.2, 0) is 66.5 Å². The number of allylic oxidation sites excluding steroid dienone is 6. The highest BCUT2D eigenvalue weighted by atomic mass is 16.6. The van der Waals surface area contributed by atoms with Gasteiger partial charge < -0.3 is 52.8 Å². The Morgan fingerprint density at radius 2 is 1.55 bits per heavy atom. The van der Waals surface area contributed by atoms with Crippen molar-refractivity contribution in [1.82, 2.24) is 4.90 Å². The number of fused-ring (bicyclic) bond motifs is 3. The Balaban J connectivity index is 1.23. The van der Waals surface area contributed by atoms with E-state index in [0.717, 1.165) is 11.0 Å². The van der Waals surface area contributed by atoms with E-state index in [2.05, 4.69) is 0 Å². The van der Waals surface area contributed by atoms with Gasteiger partial charge in [0.1, 0.15) is 41.7 Å². The summed E-state index contributed by atoms with van der Waals surface area (Å²) in [5, 5.41) is 23.7. The molecule has 1 aromatic rings. The number of ether oxygens (including phenoxy) is 6. The van der Waals surface area contributed by atoms with Crippen LogP contribution in [0.1, 0.15) is 132 Å². The minimum Gasteiger partial charge on any atom is -0.460 e. The number of cyclic esters (lactones) is 1. The topological polar surface area (TPSA) is 220 Å². The molecule has 2 N–H and O–H groups in total. The Labute approximate surface area is 474 Å². The number of hydrogen-bond donors (Lipinski definition) is 2. The fourth-order valence-electron chi connectivity index (χ4n) is 12.0. The van der Waals surface area contributed by atoms with Crippen LogP contribution in [0.25, 0.3) is 0 Å². The summed E-state index contributed by atoms with van der Waals surface area (Å²) in [5.41, 5.74) is 1.05. The van der Waals surface area contributed by atoms with Gasteiger partial charge in [0.2, 0.25) is 5.79 Å². The number of carbonyl (C=O) groups is 6. The van der Waals surface area contributed by atoms with E-state index in [0.29, 0.717) is 69.8 Å². The summed E-state index contributed by atoms with van der Waals surface area (Å²) in [6.07, 6.45) is 10.4. The summed E-state index contributed by atoms with van der Waals surface area (Å²) in [5.74, 6) is -8.89. The highest BCUT2D eigenvalue weighted by molar-refractivity contribution is 6.61. The van der Waals surface area contributed by atoms with E-state index in [1.165, 1.54) is 12.0 Å². The number of aliphatic hydroxyl groups is 2. The number of carbonyl (C=O) groups excluding carboxylic acids is 6. The quantitative estimate of drug-likeness (QED) is 0.108. The zero-order valence-electron chi connectivity index (χ0n) is 49.2. The van der Waals surface area contributed by atoms with E-state index in [1.54, 1.807) is 48.0 Å². The van der Waals surface area contributed by atoms with Gasteiger partial charge in [-0.25, -0.2) is 4.79 Å². The lowest BCUT2D eigenvalue weighted by Gasteiger charge is -2.42. The lowest BCUT2D eigenvalue weighted by molar-refractivity contribution is -0.265. The second-order valence-corrected chi connectivity index (χ2v) is 23.9. The van der Waals surface area contributed by atoms with Gasteiger partial charge in [0.15, 0.2) is 5.78 Å². The lowest BCUT2D eigenvalue weighted by atomic mass is 9.75. The van der Waals surface area contributed by atoms with E-state index in [9.17, 15) is 39.0 Å². The highest BCUT2D eigenvalue weighted by Gasteiger charge is 2.53. The number of nitrogens with zero attached hydrogens (tertiary/aromatic N) is 1. The number of ketones is 3. The standard InChI is InChI=1S/C62H90BNO16/c1-38-20-14-12-15-21-39(2)51(73-9)34-47-27-25-44(7)62(72,80-47)57(68)58(69)64-29-19-18-24-48(64)59(70)78-52(35-49(65)40(3)31-43(6)55(67)56(75-11)54(66)42(5)30-38)41(4)32-45-26-28-50(53(33-45)74-10)79-60(71)61(8)36-76-63(77-37-61)46-22-16-13-17-23-46/h12-17,20-23,31,38,40-42,44-45,47-48,50-53,55-56,67,72H,18-19,24-30,32-37H2,1-11H3/b15-12+,20-14+,39-21+,43-31+/t38-,40-,41-,42-,44-,45+,47+,48+,50-,51+,52+,53-,55-,56+,62-/m1/s1. The van der Waals surface area contributed by atoms with Crippen molar-refractivity contribution in [2.24, 2.45) is 40.9 Å². The first kappa shape index (κ1) is 64.5. The van der Waals surface area contributed by atoms with Crippen molar-refractivity contribution in [1.29, 1.82) is 0 Å². The van der Waals surface area contributed by atoms with Gasteiger partial charge in [0.05, 0.1) is 18.3 Å². The van der Waals surface area contributed by atoms with Crippen LogP contribution >= 0.6 is 0 Å². The summed E-state index contributed by atoms with van der Waals surface area (Å²) in [7, 11) is 3.93. The minimum absolute atomic E-state index is 0.000113. The molecule has 1 aliphatic carbocycles. The molecule has 4 aliphatic heterocycles. The number of methoxy groups -OCH3 is 3. The maximum Gasteiger partial charge on any atom is 0.493 e. The van der Waals surface area contributed by atoms with Gasteiger partial charge in [-0.3, -0.25) is 24.0 Å². The third-order valence-electron chi connectivity index (χ3n) is 17.4. The maximum atomic E-state index is 14.7. The van der Waals surface area contributed by atoms with Crippen molar-refractivity contribution in [3.8, 4) is 0 Å². The third-order valence-corrected chi connectivity index (χ3v) is 17.4. The lowest BCUT2D eigenvalue weighted by Crippen LogP contribution is -2.61. The molecular formula is C62H90BNO16. The SMILES string of the molecule is CO[C@H]1C[C@@H]2CC[C@@H](C)[C@@](O)(O2)C(=O)C(=O)N2CCCC[C@H]2C(=O)O[C@H]([C@H](C)C[C@@H]2CC[C@@H](OC(=O)C3(C)COB(c4ccccc4)OC3)[C@H](OC)C2)CC(=O)[C@H](C)/C=C(\C)[C@@H](O)[C@@H](OC)C(=O)[C@H](C)C[C@H](C)/C=C/C=C/C=C/1C. The molecule has 1 aromatic carbocycles. The minimum atomic E-state index is -2.46. The Kier molecular flexibility index (Phi) is 23.8. The molecule has 0 aromatic heterocycles. The van der Waals surface area contributed by atoms with Crippen molar-refractivity contribution in [3.63, 3.8) is 0 Å². The Morgan fingerprint density at radius 1 is 0.838 bits per heavy atom. The van der Waals surface area contributed by atoms with E-state index in [1.807, 2.05) is 88.4 Å². The molecule has 442 valence electrons. The molecule has 4 heterocycles. The van der Waals surface area contributed by atoms with Gasteiger partial charge in [-0.15, -0.1) is 0 Å². The highest BCUT2D eigenvalue weighted by Crippen LogP contribution is 2.39. The fraction of sp³-hybridized carbons (Fsp3) is 0.677. The number of piperidine rings is 1. The molecule has 1 saturated carbocycles. The van der Waals surface area contributed by atoms with Crippen LogP contribution in [-0.4, -0.2) is 153 Å². The van der Waals surface area contributed by atoms with Gasteiger partial charge >= 0.3 is 19.1 Å². The molecule has 1 amide bonds. The Hall–Kier alpha value is -4.66. The molecule has 3 saturated heterocycles. The predicted octanol–water partition coefficient (Wildman–Crippen LogP) is 7.18. The molecule has 2 bridgehead atoms. The number of benzene rings is 1. The van der Waals surface area contributed by atoms with Crippen LogP contribution in [0.2, 0.25) is 0 Å².